The lowest BCUT2D eigenvalue weighted by molar-refractivity contribution is 0.199. The van der Waals surface area contributed by atoms with Crippen molar-refractivity contribution in [3.05, 3.63) is 29.8 Å². The highest BCUT2D eigenvalue weighted by Crippen LogP contribution is 2.13. The van der Waals surface area contributed by atoms with Crippen LogP contribution in [0.25, 0.3) is 0 Å². The minimum Gasteiger partial charge on any atom is -0.383 e. The zero-order valence-corrected chi connectivity index (χ0v) is 11.3. The molecular weight excluding hydrogens is 278 g/mol. The molecule has 0 aliphatic carbocycles. The van der Waals surface area contributed by atoms with Crippen LogP contribution in [0.2, 0.25) is 0 Å². The molecule has 2 N–H and O–H groups in total. The first-order chi connectivity index (χ1) is 8.97. The molecule has 0 radical (unpaired) electrons. The van der Waals surface area contributed by atoms with Crippen LogP contribution in [0.15, 0.2) is 23.1 Å². The number of hydrogen-bond acceptors (Lipinski definition) is 4. The van der Waals surface area contributed by atoms with Gasteiger partial charge >= 0.3 is 0 Å². The first kappa shape index (κ1) is 16.0. The van der Waals surface area contributed by atoms with Crippen LogP contribution in [0.4, 0.5) is 8.78 Å². The number of nitrogens with one attached hydrogen (secondary N) is 2. The van der Waals surface area contributed by atoms with E-state index in [4.69, 9.17) is 4.74 Å². The Balaban J connectivity index is 2.49. The van der Waals surface area contributed by atoms with E-state index < -0.39 is 21.7 Å². The van der Waals surface area contributed by atoms with Crippen molar-refractivity contribution in [1.29, 1.82) is 0 Å². The predicted octanol–water partition coefficient (Wildman–Crippen LogP) is 0.479. The summed E-state index contributed by atoms with van der Waals surface area (Å²) in [6, 6.07) is 2.44. The van der Waals surface area contributed by atoms with Crippen LogP contribution in [0.1, 0.15) is 0 Å². The van der Waals surface area contributed by atoms with Gasteiger partial charge in [0, 0.05) is 26.7 Å². The molecule has 0 bridgehead atoms. The van der Waals surface area contributed by atoms with Crippen LogP contribution in [0.3, 0.4) is 0 Å². The Morgan fingerprint density at radius 2 is 1.89 bits per heavy atom. The molecular formula is C11H16F2N2O3S. The van der Waals surface area contributed by atoms with E-state index in [0.717, 1.165) is 12.1 Å². The van der Waals surface area contributed by atoms with Crippen LogP contribution < -0.4 is 10.0 Å². The van der Waals surface area contributed by atoms with Gasteiger partial charge in [-0.3, -0.25) is 0 Å². The average molecular weight is 294 g/mol. The largest absolute Gasteiger partial charge is 0.383 e. The molecule has 0 amide bonds. The summed E-state index contributed by atoms with van der Waals surface area (Å²) in [6.45, 7) is 1.68. The molecule has 0 aliphatic rings. The summed E-state index contributed by atoms with van der Waals surface area (Å²) in [7, 11) is -2.26. The molecule has 19 heavy (non-hydrogen) atoms. The molecule has 0 spiro atoms. The first-order valence-electron chi connectivity index (χ1n) is 5.62. The van der Waals surface area contributed by atoms with Crippen molar-refractivity contribution >= 4 is 10.0 Å². The zero-order valence-electron chi connectivity index (χ0n) is 10.4. The molecule has 1 rings (SSSR count). The maximum absolute atomic E-state index is 12.9. The molecule has 0 aliphatic heterocycles. The third-order valence-corrected chi connectivity index (χ3v) is 3.74. The van der Waals surface area contributed by atoms with Gasteiger partial charge in [0.05, 0.1) is 11.5 Å². The van der Waals surface area contributed by atoms with Crippen molar-refractivity contribution in [3.63, 3.8) is 0 Å². The summed E-state index contributed by atoms with van der Waals surface area (Å²) < 4.78 is 56.2. The summed E-state index contributed by atoms with van der Waals surface area (Å²) >= 11 is 0. The molecule has 0 heterocycles. The smallest absolute Gasteiger partial charge is 0.240 e. The number of benzene rings is 1. The second kappa shape index (κ2) is 7.49. The fourth-order valence-electron chi connectivity index (χ4n) is 1.30. The minimum atomic E-state index is -3.82. The highest BCUT2D eigenvalue weighted by molar-refractivity contribution is 7.89. The maximum atomic E-state index is 12.9. The SMILES string of the molecule is COCCNCCNS(=O)(=O)c1ccc(F)c(F)c1. The second-order valence-corrected chi connectivity index (χ2v) is 5.48. The average Bonchev–Trinajstić information content (AvgIpc) is 2.36. The lowest BCUT2D eigenvalue weighted by atomic mass is 10.3. The van der Waals surface area contributed by atoms with E-state index >= 15 is 0 Å². The van der Waals surface area contributed by atoms with E-state index in [2.05, 4.69) is 10.0 Å². The number of halogens is 2. The van der Waals surface area contributed by atoms with Gasteiger partial charge in [-0.2, -0.15) is 0 Å². The van der Waals surface area contributed by atoms with Gasteiger partial charge in [-0.1, -0.05) is 0 Å². The molecule has 5 nitrogen and oxygen atoms in total. The highest BCUT2D eigenvalue weighted by atomic mass is 32.2. The Morgan fingerprint density at radius 3 is 2.53 bits per heavy atom. The van der Waals surface area contributed by atoms with Crippen molar-refractivity contribution in [2.45, 2.75) is 4.90 Å². The van der Waals surface area contributed by atoms with Gasteiger partial charge in [0.15, 0.2) is 11.6 Å². The molecule has 0 saturated carbocycles. The summed E-state index contributed by atoms with van der Waals surface area (Å²) in [6.07, 6.45) is 0. The quantitative estimate of drug-likeness (QED) is 0.684. The topological polar surface area (TPSA) is 67.4 Å². The van der Waals surface area contributed by atoms with E-state index in [1.54, 1.807) is 7.11 Å². The van der Waals surface area contributed by atoms with Crippen molar-refractivity contribution in [1.82, 2.24) is 10.0 Å². The van der Waals surface area contributed by atoms with Crippen LogP contribution >= 0.6 is 0 Å². The van der Waals surface area contributed by atoms with Crippen LogP contribution in [-0.2, 0) is 14.8 Å². The normalized spacial score (nSPS) is 11.7. The Morgan fingerprint density at radius 1 is 1.16 bits per heavy atom. The van der Waals surface area contributed by atoms with Crippen LogP contribution in [0.5, 0.6) is 0 Å². The number of sulfonamides is 1. The summed E-state index contributed by atoms with van der Waals surface area (Å²) in [4.78, 5) is -0.303. The Labute approximate surface area is 111 Å². The molecule has 108 valence electrons. The van der Waals surface area contributed by atoms with E-state index in [1.165, 1.54) is 0 Å². The fraction of sp³-hybridized carbons (Fsp3) is 0.455. The third kappa shape index (κ3) is 5.19. The lowest BCUT2D eigenvalue weighted by Gasteiger charge is -2.08. The lowest BCUT2D eigenvalue weighted by Crippen LogP contribution is -2.33. The van der Waals surface area contributed by atoms with Gasteiger partial charge in [-0.15, -0.1) is 0 Å². The van der Waals surface area contributed by atoms with E-state index in [9.17, 15) is 17.2 Å². The Kier molecular flexibility index (Phi) is 6.29. The molecule has 0 saturated heterocycles. The van der Waals surface area contributed by atoms with Crippen LogP contribution in [-0.4, -0.2) is 41.8 Å². The zero-order chi connectivity index (χ0) is 14.3. The summed E-state index contributed by atoms with van der Waals surface area (Å²) in [5.41, 5.74) is 0. The fourth-order valence-corrected chi connectivity index (χ4v) is 2.34. The Bertz CT molecular complexity index is 509. The molecule has 1 aromatic rings. The third-order valence-electron chi connectivity index (χ3n) is 2.28. The van der Waals surface area contributed by atoms with Gasteiger partial charge in [0.1, 0.15) is 0 Å². The first-order valence-corrected chi connectivity index (χ1v) is 7.10. The molecule has 0 fully saturated rings. The molecule has 0 atom stereocenters. The van der Waals surface area contributed by atoms with Crippen molar-refractivity contribution in [2.24, 2.45) is 0 Å². The van der Waals surface area contributed by atoms with E-state index in [1.807, 2.05) is 0 Å². The number of ether oxygens (including phenoxy) is 1. The number of hydrogen-bond donors (Lipinski definition) is 2. The summed E-state index contributed by atoms with van der Waals surface area (Å²) in [5.74, 6) is -2.28. The predicted molar refractivity (Wildman–Crippen MR) is 66.3 cm³/mol. The Hall–Kier alpha value is -1.09. The number of rotatable bonds is 8. The molecule has 0 unspecified atom stereocenters. The second-order valence-electron chi connectivity index (χ2n) is 3.72. The van der Waals surface area contributed by atoms with Gasteiger partial charge in [-0.05, 0) is 18.2 Å². The van der Waals surface area contributed by atoms with E-state index in [0.29, 0.717) is 25.8 Å². The summed E-state index contributed by atoms with van der Waals surface area (Å²) in [5, 5.41) is 2.94. The van der Waals surface area contributed by atoms with Gasteiger partial charge in [-0.25, -0.2) is 21.9 Å². The monoisotopic (exact) mass is 294 g/mol. The minimum absolute atomic E-state index is 0.144. The molecule has 0 aromatic heterocycles. The molecule has 1 aromatic carbocycles. The van der Waals surface area contributed by atoms with Crippen molar-refractivity contribution in [2.75, 3.05) is 33.4 Å². The molecule has 8 heteroatoms. The highest BCUT2D eigenvalue weighted by Gasteiger charge is 2.15. The van der Waals surface area contributed by atoms with Gasteiger partial charge in [0.2, 0.25) is 10.0 Å². The van der Waals surface area contributed by atoms with E-state index in [-0.39, 0.29) is 11.4 Å². The van der Waals surface area contributed by atoms with Gasteiger partial charge < -0.3 is 10.1 Å². The number of methoxy groups -OCH3 is 1. The van der Waals surface area contributed by atoms with Crippen LogP contribution in [0, 0.1) is 11.6 Å². The standard InChI is InChI=1S/C11H16F2N2O3S/c1-18-7-6-14-4-5-15-19(16,17)9-2-3-10(12)11(13)8-9/h2-3,8,14-15H,4-7H2,1H3. The maximum Gasteiger partial charge on any atom is 0.240 e. The van der Waals surface area contributed by atoms with Gasteiger partial charge in [0.25, 0.3) is 0 Å². The van der Waals surface area contributed by atoms with Crippen molar-refractivity contribution < 1.29 is 21.9 Å². The van der Waals surface area contributed by atoms with Crippen molar-refractivity contribution in [3.8, 4) is 0 Å².